The van der Waals surface area contributed by atoms with E-state index in [2.05, 4.69) is 4.98 Å². The zero-order chi connectivity index (χ0) is 23.3. The first-order valence-corrected chi connectivity index (χ1v) is 11.0. The fraction of sp³-hybridized carbons (Fsp3) is 0.391. The quantitative estimate of drug-likeness (QED) is 0.547. The maximum atomic E-state index is 14.3. The van der Waals surface area contributed by atoms with E-state index in [9.17, 15) is 9.18 Å². The number of fused-ring (bicyclic) bond motifs is 1. The molecule has 0 unspecified atom stereocenters. The zero-order valence-electron chi connectivity index (χ0n) is 18.2. The molecule has 0 N–H and O–H groups in total. The summed E-state index contributed by atoms with van der Waals surface area (Å²) in [5.74, 6) is 0.595. The van der Waals surface area contributed by atoms with Gasteiger partial charge >= 0.3 is 17.7 Å². The van der Waals surface area contributed by atoms with Gasteiger partial charge in [-0.05, 0) is 62.9 Å². The predicted molar refractivity (Wildman–Crippen MR) is 118 cm³/mol. The van der Waals surface area contributed by atoms with E-state index < -0.39 is 11.6 Å². The van der Waals surface area contributed by atoms with Gasteiger partial charge in [0.1, 0.15) is 11.3 Å². The lowest BCUT2D eigenvalue weighted by Crippen LogP contribution is -2.39. The predicted octanol–water partition coefficient (Wildman–Crippen LogP) is 5.00. The summed E-state index contributed by atoms with van der Waals surface area (Å²) in [5, 5.41) is 0. The fourth-order valence-corrected chi connectivity index (χ4v) is 3.73. The molecule has 1 aliphatic rings. The maximum absolute atomic E-state index is 14.3. The summed E-state index contributed by atoms with van der Waals surface area (Å²) in [5.41, 5.74) is 3.64. The molecule has 7 nitrogen and oxygen atoms in total. The summed E-state index contributed by atoms with van der Waals surface area (Å²) in [6.07, 6.45) is 1.17. The minimum Gasteiger partial charge on any atom is -0.447 e. The molecule has 1 fully saturated rings. The molecule has 1 saturated heterocycles. The molecule has 0 aliphatic carbocycles. The van der Waals surface area contributed by atoms with Crippen molar-refractivity contribution >= 4 is 28.8 Å². The van der Waals surface area contributed by atoms with Crippen molar-refractivity contribution in [3.63, 3.8) is 0 Å². The van der Waals surface area contributed by atoms with Crippen molar-refractivity contribution in [3.05, 3.63) is 53.7 Å². The Kier molecular flexibility index (Phi) is 7.74. The number of benzene rings is 2. The molecule has 0 bridgehead atoms. The summed E-state index contributed by atoms with van der Waals surface area (Å²) in [7, 11) is 0. The van der Waals surface area contributed by atoms with Gasteiger partial charge in [-0.2, -0.15) is 8.42 Å². The van der Waals surface area contributed by atoms with Crippen LogP contribution in [0.1, 0.15) is 44.1 Å². The number of hydrogen-bond acceptors (Lipinski definition) is 6. The maximum Gasteiger partial charge on any atom is 0.410 e. The van der Waals surface area contributed by atoms with Crippen LogP contribution in [0.25, 0.3) is 22.2 Å². The third-order valence-electron chi connectivity index (χ3n) is 5.28. The van der Waals surface area contributed by atoms with Gasteiger partial charge in [0.25, 0.3) is 0 Å². The van der Waals surface area contributed by atoms with Crippen molar-refractivity contribution in [2.45, 2.75) is 45.6 Å². The zero-order valence-corrected chi connectivity index (χ0v) is 19.0. The molecule has 0 spiro atoms. The normalized spacial score (nSPS) is 14.2. The number of halogens is 1. The van der Waals surface area contributed by atoms with Crippen molar-refractivity contribution < 1.29 is 26.8 Å². The molecule has 170 valence electrons. The van der Waals surface area contributed by atoms with E-state index in [0.29, 0.717) is 30.1 Å². The van der Waals surface area contributed by atoms with Crippen LogP contribution in [-0.4, -0.2) is 43.6 Å². The molecule has 1 aromatic heterocycles. The smallest absolute Gasteiger partial charge is 0.410 e. The first-order valence-electron chi connectivity index (χ1n) is 10.4. The first-order chi connectivity index (χ1) is 15.3. The van der Waals surface area contributed by atoms with E-state index in [-0.39, 0.29) is 23.9 Å². The van der Waals surface area contributed by atoms with Gasteiger partial charge in [-0.1, -0.05) is 18.2 Å². The molecule has 2 heterocycles. The first kappa shape index (κ1) is 23.6. The second-order valence-corrected chi connectivity index (χ2v) is 8.12. The van der Waals surface area contributed by atoms with Gasteiger partial charge in [-0.25, -0.2) is 14.2 Å². The minimum absolute atomic E-state index is 0.121. The van der Waals surface area contributed by atoms with Gasteiger partial charge in [0.15, 0.2) is 11.5 Å². The van der Waals surface area contributed by atoms with Gasteiger partial charge in [0.05, 0.1) is 6.10 Å². The van der Waals surface area contributed by atoms with Crippen molar-refractivity contribution in [2.75, 3.05) is 13.1 Å². The highest BCUT2D eigenvalue weighted by Gasteiger charge is 2.28. The number of piperidine rings is 1. The summed E-state index contributed by atoms with van der Waals surface area (Å²) in [6, 6.07) is 10.8. The van der Waals surface area contributed by atoms with Gasteiger partial charge in [-0.15, -0.1) is 0 Å². The van der Waals surface area contributed by atoms with Gasteiger partial charge < -0.3 is 14.1 Å². The van der Waals surface area contributed by atoms with Crippen LogP contribution in [0.3, 0.4) is 0 Å². The Balaban J connectivity index is 0.000000913. The topological polar surface area (TPSA) is 89.7 Å². The summed E-state index contributed by atoms with van der Waals surface area (Å²) >= 11 is -0.750. The number of amides is 1. The number of nitrogens with zero attached hydrogens (tertiary/aromatic N) is 2. The molecule has 0 atom stereocenters. The van der Waals surface area contributed by atoms with Crippen LogP contribution >= 0.6 is 0 Å². The van der Waals surface area contributed by atoms with Crippen molar-refractivity contribution in [1.82, 2.24) is 9.88 Å². The molecule has 2 aromatic carbocycles. The third-order valence-corrected chi connectivity index (χ3v) is 5.28. The number of aromatic nitrogens is 1. The fourth-order valence-electron chi connectivity index (χ4n) is 3.73. The number of ether oxygens (including phenoxy) is 1. The van der Waals surface area contributed by atoms with Crippen LogP contribution in [0.5, 0.6) is 0 Å². The average Bonchev–Trinajstić information content (AvgIpc) is 3.17. The van der Waals surface area contributed by atoms with Crippen LogP contribution < -0.4 is 0 Å². The van der Waals surface area contributed by atoms with Crippen LogP contribution in [-0.2, 0) is 16.3 Å². The molecule has 0 radical (unpaired) electrons. The molecule has 9 heteroatoms. The summed E-state index contributed by atoms with van der Waals surface area (Å²) in [4.78, 5) is 18.4. The highest BCUT2D eigenvalue weighted by atomic mass is 32.1. The molecule has 32 heavy (non-hydrogen) atoms. The largest absolute Gasteiger partial charge is 0.447 e. The number of oxazole rings is 1. The Bertz CT molecular complexity index is 1130. The Labute approximate surface area is 189 Å². The number of carbonyl (C=O) groups excluding carboxylic acids is 1. The molecule has 1 amide bonds. The number of hydrogen-bond donors (Lipinski definition) is 0. The Morgan fingerprint density at radius 2 is 1.88 bits per heavy atom. The second kappa shape index (κ2) is 10.5. The highest BCUT2D eigenvalue weighted by Crippen LogP contribution is 2.32. The molecular formula is C23H25FN2O5S. The lowest BCUT2D eigenvalue weighted by atomic mass is 9.97. The molecule has 4 rings (SSSR count). The van der Waals surface area contributed by atoms with Gasteiger partial charge in [0, 0.05) is 24.6 Å². The Hall–Kier alpha value is -3.07. The molecule has 3 aromatic rings. The molecule has 1 aliphatic heterocycles. The SMILES string of the molecule is Cc1ccc(-c2ccc3oc(C4CCN(C(=O)OC(C)C)CC4)nc3c2)c(F)c1.O=S=O. The molecule has 0 saturated carbocycles. The van der Waals surface area contributed by atoms with E-state index in [0.717, 1.165) is 29.5 Å². The van der Waals surface area contributed by atoms with Crippen LogP contribution in [0.4, 0.5) is 9.18 Å². The number of carbonyl (C=O) groups is 1. The number of likely N-dealkylation sites (tertiary alicyclic amines) is 1. The average molecular weight is 461 g/mol. The van der Waals surface area contributed by atoms with Crippen LogP contribution in [0.2, 0.25) is 0 Å². The number of rotatable bonds is 3. The standard InChI is InChI=1S/C23H25FN2O3.O2S/c1-14(2)28-23(27)26-10-8-16(9-11-26)22-25-20-13-17(5-7-21(20)29-22)18-6-4-15(3)12-19(18)24;1-3-2/h4-7,12-14,16H,8-11H2,1-3H3;. The second-order valence-electron chi connectivity index (χ2n) is 7.98. The van der Waals surface area contributed by atoms with Crippen LogP contribution in [0, 0.1) is 12.7 Å². The Morgan fingerprint density at radius 3 is 2.50 bits per heavy atom. The summed E-state index contributed by atoms with van der Waals surface area (Å²) in [6.45, 7) is 6.80. The van der Waals surface area contributed by atoms with E-state index in [1.54, 1.807) is 11.0 Å². The van der Waals surface area contributed by atoms with Crippen LogP contribution in [0.15, 0.2) is 40.8 Å². The lowest BCUT2D eigenvalue weighted by molar-refractivity contribution is 0.0681. The minimum atomic E-state index is -0.750. The van der Waals surface area contributed by atoms with Crippen molar-refractivity contribution in [2.24, 2.45) is 0 Å². The van der Waals surface area contributed by atoms with E-state index >= 15 is 0 Å². The lowest BCUT2D eigenvalue weighted by Gasteiger charge is -2.30. The monoisotopic (exact) mass is 460 g/mol. The number of aryl methyl sites for hydroxylation is 1. The molecular weight excluding hydrogens is 435 g/mol. The van der Waals surface area contributed by atoms with Crippen molar-refractivity contribution in [3.8, 4) is 11.1 Å². The van der Waals surface area contributed by atoms with Crippen molar-refractivity contribution in [1.29, 1.82) is 0 Å². The van der Waals surface area contributed by atoms with E-state index in [4.69, 9.17) is 17.6 Å². The highest BCUT2D eigenvalue weighted by molar-refractivity contribution is 7.51. The summed E-state index contributed by atoms with van der Waals surface area (Å²) < 4.78 is 42.1. The van der Waals surface area contributed by atoms with E-state index in [1.807, 2.05) is 45.0 Å². The van der Waals surface area contributed by atoms with Gasteiger partial charge in [-0.3, -0.25) is 0 Å². The van der Waals surface area contributed by atoms with Gasteiger partial charge in [0.2, 0.25) is 0 Å². The third kappa shape index (κ3) is 5.59. The van der Waals surface area contributed by atoms with E-state index in [1.165, 1.54) is 6.07 Å². The Morgan fingerprint density at radius 1 is 1.19 bits per heavy atom.